The van der Waals surface area contributed by atoms with Crippen LogP contribution in [0.5, 0.6) is 0 Å². The lowest BCUT2D eigenvalue weighted by Gasteiger charge is -2.26. The number of ketones is 1. The Morgan fingerprint density at radius 3 is 2.60 bits per heavy atom. The second-order valence-corrected chi connectivity index (χ2v) is 6.02. The molecule has 4 nitrogen and oxygen atoms in total. The molecular weight excluding hydrogens is 252 g/mol. The first-order chi connectivity index (χ1) is 9.72. The van der Waals surface area contributed by atoms with Crippen molar-refractivity contribution in [1.82, 2.24) is 10.1 Å². The maximum Gasteiger partial charge on any atom is 0.234 e. The van der Waals surface area contributed by atoms with Gasteiger partial charge in [-0.3, -0.25) is 4.79 Å². The lowest BCUT2D eigenvalue weighted by atomic mass is 9.80. The fourth-order valence-corrected chi connectivity index (χ4v) is 3.16. The standard InChI is InChI=1S/C16H26N2O2/c1-3-5-12-7-9-13(10-8-12)16-17-15(20-18-16)11-14(19)6-4-2/h12-13H,3-11H2,1-2H3. The van der Waals surface area contributed by atoms with Gasteiger partial charge in [0.25, 0.3) is 0 Å². The van der Waals surface area contributed by atoms with E-state index < -0.39 is 0 Å². The molecule has 0 unspecified atom stereocenters. The van der Waals surface area contributed by atoms with Gasteiger partial charge in [-0.15, -0.1) is 0 Å². The van der Waals surface area contributed by atoms with E-state index >= 15 is 0 Å². The zero-order valence-electron chi connectivity index (χ0n) is 12.7. The van der Waals surface area contributed by atoms with Gasteiger partial charge in [-0.25, -0.2) is 0 Å². The van der Waals surface area contributed by atoms with Gasteiger partial charge in [-0.05, 0) is 38.0 Å². The zero-order valence-corrected chi connectivity index (χ0v) is 12.7. The highest BCUT2D eigenvalue weighted by Gasteiger charge is 2.25. The normalized spacial score (nSPS) is 22.9. The Morgan fingerprint density at radius 1 is 1.20 bits per heavy atom. The Labute approximate surface area is 121 Å². The van der Waals surface area contributed by atoms with Crippen molar-refractivity contribution < 1.29 is 9.32 Å². The zero-order chi connectivity index (χ0) is 14.4. The van der Waals surface area contributed by atoms with Crippen molar-refractivity contribution in [3.63, 3.8) is 0 Å². The number of carbonyl (C=O) groups excluding carboxylic acids is 1. The number of rotatable bonds is 7. The first-order valence-electron chi connectivity index (χ1n) is 8.07. The van der Waals surface area contributed by atoms with Crippen LogP contribution in [0.15, 0.2) is 4.52 Å². The molecule has 1 saturated carbocycles. The van der Waals surface area contributed by atoms with Crippen LogP contribution in [-0.4, -0.2) is 15.9 Å². The monoisotopic (exact) mass is 278 g/mol. The van der Waals surface area contributed by atoms with E-state index in [1.54, 1.807) is 0 Å². The van der Waals surface area contributed by atoms with Crippen LogP contribution in [0.3, 0.4) is 0 Å². The average molecular weight is 278 g/mol. The molecule has 20 heavy (non-hydrogen) atoms. The van der Waals surface area contributed by atoms with Crippen LogP contribution < -0.4 is 0 Å². The second kappa shape index (κ2) is 7.55. The van der Waals surface area contributed by atoms with Gasteiger partial charge < -0.3 is 4.52 Å². The van der Waals surface area contributed by atoms with E-state index in [1.807, 2.05) is 6.92 Å². The number of Topliss-reactive ketones (excluding diaryl/α,β-unsaturated/α-hetero) is 1. The van der Waals surface area contributed by atoms with Crippen molar-refractivity contribution >= 4 is 5.78 Å². The molecule has 112 valence electrons. The molecule has 0 aliphatic heterocycles. The summed E-state index contributed by atoms with van der Waals surface area (Å²) in [7, 11) is 0. The second-order valence-electron chi connectivity index (χ2n) is 6.02. The van der Waals surface area contributed by atoms with Crippen LogP contribution in [-0.2, 0) is 11.2 Å². The molecule has 1 fully saturated rings. The predicted octanol–water partition coefficient (Wildman–Crippen LogP) is 4.06. The van der Waals surface area contributed by atoms with E-state index in [9.17, 15) is 4.79 Å². The van der Waals surface area contributed by atoms with Crippen LogP contribution in [0.4, 0.5) is 0 Å². The Morgan fingerprint density at radius 2 is 1.95 bits per heavy atom. The molecule has 2 rings (SSSR count). The summed E-state index contributed by atoms with van der Waals surface area (Å²) in [6, 6.07) is 0. The maximum atomic E-state index is 11.6. The highest BCUT2D eigenvalue weighted by molar-refractivity contribution is 5.79. The molecule has 1 heterocycles. The average Bonchev–Trinajstić information content (AvgIpc) is 2.88. The van der Waals surface area contributed by atoms with E-state index in [-0.39, 0.29) is 5.78 Å². The third-order valence-electron chi connectivity index (χ3n) is 4.27. The molecule has 0 N–H and O–H groups in total. The van der Waals surface area contributed by atoms with Crippen molar-refractivity contribution in [3.8, 4) is 0 Å². The number of hydrogen-bond acceptors (Lipinski definition) is 4. The third kappa shape index (κ3) is 4.15. The smallest absolute Gasteiger partial charge is 0.234 e. The fourth-order valence-electron chi connectivity index (χ4n) is 3.16. The van der Waals surface area contributed by atoms with Gasteiger partial charge in [0, 0.05) is 12.3 Å². The van der Waals surface area contributed by atoms with E-state index in [1.165, 1.54) is 25.7 Å². The summed E-state index contributed by atoms with van der Waals surface area (Å²) in [5.41, 5.74) is 0. The van der Waals surface area contributed by atoms with Gasteiger partial charge in [0.1, 0.15) is 5.78 Å². The van der Waals surface area contributed by atoms with Gasteiger partial charge in [0.2, 0.25) is 5.89 Å². The molecule has 1 aromatic rings. The molecule has 0 bridgehead atoms. The van der Waals surface area contributed by atoms with Crippen molar-refractivity contribution in [2.45, 2.75) is 77.6 Å². The van der Waals surface area contributed by atoms with Gasteiger partial charge in [-0.2, -0.15) is 4.98 Å². The van der Waals surface area contributed by atoms with Gasteiger partial charge in [0.15, 0.2) is 5.82 Å². The molecule has 0 aromatic carbocycles. The first-order valence-corrected chi connectivity index (χ1v) is 8.07. The van der Waals surface area contributed by atoms with Gasteiger partial charge >= 0.3 is 0 Å². The Kier molecular flexibility index (Phi) is 5.74. The van der Waals surface area contributed by atoms with Gasteiger partial charge in [0.05, 0.1) is 6.42 Å². The molecule has 0 amide bonds. The molecule has 0 saturated heterocycles. The van der Waals surface area contributed by atoms with E-state index in [0.29, 0.717) is 24.7 Å². The largest absolute Gasteiger partial charge is 0.339 e. The summed E-state index contributed by atoms with van der Waals surface area (Å²) >= 11 is 0. The summed E-state index contributed by atoms with van der Waals surface area (Å²) in [6.07, 6.45) is 9.26. The first kappa shape index (κ1) is 15.2. The fraction of sp³-hybridized carbons (Fsp3) is 0.812. The number of nitrogens with zero attached hydrogens (tertiary/aromatic N) is 2. The summed E-state index contributed by atoms with van der Waals surface area (Å²) in [4.78, 5) is 16.0. The number of aromatic nitrogens is 2. The molecular formula is C16H26N2O2. The van der Waals surface area contributed by atoms with E-state index in [0.717, 1.165) is 31.0 Å². The topological polar surface area (TPSA) is 56.0 Å². The van der Waals surface area contributed by atoms with Crippen LogP contribution in [0.25, 0.3) is 0 Å². The summed E-state index contributed by atoms with van der Waals surface area (Å²) in [6.45, 7) is 4.26. The van der Waals surface area contributed by atoms with Gasteiger partial charge in [-0.1, -0.05) is 31.8 Å². The highest BCUT2D eigenvalue weighted by atomic mass is 16.5. The Balaban J connectivity index is 1.85. The molecule has 4 heteroatoms. The molecule has 1 aliphatic carbocycles. The Hall–Kier alpha value is -1.19. The lowest BCUT2D eigenvalue weighted by molar-refractivity contribution is -0.118. The molecule has 0 spiro atoms. The molecule has 1 aromatic heterocycles. The van der Waals surface area contributed by atoms with E-state index in [4.69, 9.17) is 4.52 Å². The SMILES string of the molecule is CCCC(=O)Cc1nc(C2CCC(CCC)CC2)no1. The summed E-state index contributed by atoms with van der Waals surface area (Å²) < 4.78 is 5.23. The minimum atomic E-state index is 0.189. The van der Waals surface area contributed by atoms with Crippen molar-refractivity contribution in [1.29, 1.82) is 0 Å². The summed E-state index contributed by atoms with van der Waals surface area (Å²) in [5, 5.41) is 4.09. The van der Waals surface area contributed by atoms with Crippen LogP contribution in [0, 0.1) is 5.92 Å². The van der Waals surface area contributed by atoms with E-state index in [2.05, 4.69) is 17.1 Å². The number of carbonyl (C=O) groups is 1. The van der Waals surface area contributed by atoms with Crippen molar-refractivity contribution in [2.75, 3.05) is 0 Å². The summed E-state index contributed by atoms with van der Waals surface area (Å²) in [5.74, 6) is 2.82. The predicted molar refractivity (Wildman–Crippen MR) is 77.5 cm³/mol. The maximum absolute atomic E-state index is 11.6. The van der Waals surface area contributed by atoms with Crippen LogP contribution in [0.2, 0.25) is 0 Å². The minimum absolute atomic E-state index is 0.189. The van der Waals surface area contributed by atoms with Crippen molar-refractivity contribution in [2.24, 2.45) is 5.92 Å². The molecule has 0 radical (unpaired) electrons. The van der Waals surface area contributed by atoms with Crippen LogP contribution >= 0.6 is 0 Å². The lowest BCUT2D eigenvalue weighted by Crippen LogP contribution is -2.14. The quantitative estimate of drug-likeness (QED) is 0.755. The molecule has 0 atom stereocenters. The highest BCUT2D eigenvalue weighted by Crippen LogP contribution is 2.36. The minimum Gasteiger partial charge on any atom is -0.339 e. The number of hydrogen-bond donors (Lipinski definition) is 0. The Bertz CT molecular complexity index is 420. The van der Waals surface area contributed by atoms with Crippen molar-refractivity contribution in [3.05, 3.63) is 11.7 Å². The molecule has 1 aliphatic rings. The van der Waals surface area contributed by atoms with Crippen LogP contribution in [0.1, 0.15) is 82.8 Å². The third-order valence-corrected chi connectivity index (χ3v) is 4.27.